The Balaban J connectivity index is 1.77. The van der Waals surface area contributed by atoms with Gasteiger partial charge in [0.1, 0.15) is 4.90 Å². The first kappa shape index (κ1) is 21.4. The number of pyridine rings is 2. The van der Waals surface area contributed by atoms with Gasteiger partial charge in [-0.25, -0.2) is 4.98 Å². The summed E-state index contributed by atoms with van der Waals surface area (Å²) >= 11 is 0. The molecule has 4 rings (SSSR count). The number of hydrogen-bond donors (Lipinski definition) is 2. The van der Waals surface area contributed by atoms with Gasteiger partial charge in [-0.3, -0.25) is 14.6 Å². The Morgan fingerprint density at radius 1 is 1.03 bits per heavy atom. The topological polar surface area (TPSA) is 127 Å². The van der Waals surface area contributed by atoms with E-state index in [1.54, 1.807) is 48.7 Å². The molecule has 0 saturated carbocycles. The van der Waals surface area contributed by atoms with Crippen LogP contribution in [0.4, 0.5) is 0 Å². The molecule has 10 heteroatoms. The van der Waals surface area contributed by atoms with E-state index in [2.05, 4.69) is 20.6 Å². The van der Waals surface area contributed by atoms with Crippen molar-refractivity contribution in [2.24, 2.45) is 0 Å². The van der Waals surface area contributed by atoms with Crippen LogP contribution in [0.15, 0.2) is 59.6 Å². The third kappa shape index (κ3) is 4.04. The van der Waals surface area contributed by atoms with Crippen LogP contribution in [0.1, 0.15) is 31.5 Å². The smallest absolute Gasteiger partial charge is 0.341 e. The predicted octanol–water partition coefficient (Wildman–Crippen LogP) is 2.24. The summed E-state index contributed by atoms with van der Waals surface area (Å²) in [5.41, 5.74) is 0.0698. The number of aromatic nitrogens is 2. The van der Waals surface area contributed by atoms with Crippen LogP contribution < -0.4 is 14.8 Å². The molecule has 0 fully saturated rings. The van der Waals surface area contributed by atoms with Crippen LogP contribution in [-0.2, 0) is 25.4 Å². The number of benzene rings is 1. The number of nitrogens with one attached hydrogen (secondary N) is 2. The van der Waals surface area contributed by atoms with Crippen molar-refractivity contribution in [1.82, 2.24) is 20.6 Å². The molecule has 0 saturated heterocycles. The number of amides is 2. The number of hydrogen-bond acceptors (Lipinski definition) is 7. The van der Waals surface area contributed by atoms with E-state index in [1.165, 1.54) is 26.0 Å². The highest BCUT2D eigenvalue weighted by molar-refractivity contribution is 7.87. The van der Waals surface area contributed by atoms with Gasteiger partial charge in [-0.15, -0.1) is 0 Å². The third-order valence-corrected chi connectivity index (χ3v) is 6.16. The predicted molar refractivity (Wildman–Crippen MR) is 117 cm³/mol. The van der Waals surface area contributed by atoms with Gasteiger partial charge in [0, 0.05) is 43.5 Å². The fourth-order valence-electron chi connectivity index (χ4n) is 3.74. The summed E-state index contributed by atoms with van der Waals surface area (Å²) in [7, 11) is -4.25. The average molecular weight is 452 g/mol. The van der Waals surface area contributed by atoms with Gasteiger partial charge in [-0.2, -0.15) is 8.42 Å². The summed E-state index contributed by atoms with van der Waals surface area (Å²) in [5.74, 6) is -0.965. The molecule has 0 bridgehead atoms. The molecular weight excluding hydrogens is 432 g/mol. The van der Waals surface area contributed by atoms with Gasteiger partial charge in [-0.05, 0) is 30.3 Å². The zero-order chi connectivity index (χ0) is 22.9. The first-order chi connectivity index (χ1) is 15.2. The maximum atomic E-state index is 13.1. The van der Waals surface area contributed by atoms with E-state index in [0.29, 0.717) is 16.5 Å². The lowest BCUT2D eigenvalue weighted by Crippen LogP contribution is -2.58. The molecule has 0 unspecified atom stereocenters. The normalized spacial score (nSPS) is 14.4. The van der Waals surface area contributed by atoms with Crippen molar-refractivity contribution in [2.45, 2.75) is 30.8 Å². The van der Waals surface area contributed by atoms with Crippen molar-refractivity contribution in [3.8, 4) is 5.88 Å². The van der Waals surface area contributed by atoms with Crippen molar-refractivity contribution in [3.63, 3.8) is 0 Å². The van der Waals surface area contributed by atoms with E-state index in [1.807, 2.05) is 0 Å². The number of carbonyl (C=O) groups is 2. The molecule has 1 aliphatic carbocycles. The van der Waals surface area contributed by atoms with Gasteiger partial charge in [0.05, 0.1) is 11.2 Å². The lowest BCUT2D eigenvalue weighted by Gasteiger charge is -2.36. The van der Waals surface area contributed by atoms with E-state index in [-0.39, 0.29) is 34.7 Å². The first-order valence-corrected chi connectivity index (χ1v) is 11.1. The summed E-state index contributed by atoms with van der Waals surface area (Å²) < 4.78 is 31.5. The Morgan fingerprint density at radius 3 is 2.50 bits per heavy atom. The Morgan fingerprint density at radius 2 is 1.78 bits per heavy atom. The van der Waals surface area contributed by atoms with E-state index in [4.69, 9.17) is 4.18 Å². The number of carbonyl (C=O) groups excluding carboxylic acids is 2. The molecule has 32 heavy (non-hydrogen) atoms. The molecule has 1 aliphatic rings. The van der Waals surface area contributed by atoms with Gasteiger partial charge < -0.3 is 14.8 Å². The summed E-state index contributed by atoms with van der Waals surface area (Å²) in [6.07, 6.45) is 5.37. The van der Waals surface area contributed by atoms with Gasteiger partial charge in [0.25, 0.3) is 0 Å². The summed E-state index contributed by atoms with van der Waals surface area (Å²) in [6.45, 7) is 2.64. The minimum Gasteiger partial charge on any atom is -0.358 e. The van der Waals surface area contributed by atoms with Crippen molar-refractivity contribution in [1.29, 1.82) is 0 Å². The van der Waals surface area contributed by atoms with Crippen LogP contribution in [0.2, 0.25) is 0 Å². The molecule has 9 nitrogen and oxygen atoms in total. The molecule has 0 atom stereocenters. The van der Waals surface area contributed by atoms with Crippen LogP contribution in [0.25, 0.3) is 17.0 Å². The highest BCUT2D eigenvalue weighted by Crippen LogP contribution is 2.33. The van der Waals surface area contributed by atoms with Crippen LogP contribution in [0, 0.1) is 0 Å². The standard InChI is InChI=1S/C22H20N4O5S/c1-14(27)25-22(26-15(2)28)12-4-6-16-10-11-20(24-21(16)22)31-32(29,30)19-9-3-8-18-17(19)7-5-13-23-18/h3-11,13H,12H2,1-2H3,(H,25,27)(H,26,28). The maximum Gasteiger partial charge on any atom is 0.341 e. The minimum absolute atomic E-state index is 0.0440. The van der Waals surface area contributed by atoms with Crippen LogP contribution in [0.3, 0.4) is 0 Å². The fourth-order valence-corrected chi connectivity index (χ4v) is 4.83. The maximum absolute atomic E-state index is 13.1. The zero-order valence-electron chi connectivity index (χ0n) is 17.3. The Hall–Kier alpha value is -3.79. The first-order valence-electron chi connectivity index (χ1n) is 9.74. The molecule has 2 aromatic heterocycles. The number of fused-ring (bicyclic) bond motifs is 2. The molecule has 2 amide bonds. The van der Waals surface area contributed by atoms with Gasteiger partial charge in [0.15, 0.2) is 5.66 Å². The summed E-state index contributed by atoms with van der Waals surface area (Å²) in [6, 6.07) is 11.0. The average Bonchev–Trinajstić information content (AvgIpc) is 2.72. The van der Waals surface area contributed by atoms with Crippen molar-refractivity contribution in [2.75, 3.05) is 0 Å². The molecule has 0 spiro atoms. The molecule has 2 N–H and O–H groups in total. The van der Waals surface area contributed by atoms with E-state index in [0.717, 1.165) is 0 Å². The molecule has 2 heterocycles. The zero-order valence-corrected chi connectivity index (χ0v) is 18.1. The van der Waals surface area contributed by atoms with Crippen LogP contribution in [0.5, 0.6) is 5.88 Å². The SMILES string of the molecule is CC(=O)NC1(NC(C)=O)CC=Cc2ccc(OS(=O)(=O)c3cccc4ncccc34)nc21. The van der Waals surface area contributed by atoms with Crippen molar-refractivity contribution in [3.05, 3.63) is 66.0 Å². The van der Waals surface area contributed by atoms with Crippen LogP contribution in [-0.4, -0.2) is 30.2 Å². The van der Waals surface area contributed by atoms with Crippen molar-refractivity contribution >= 4 is 38.9 Å². The molecule has 1 aromatic carbocycles. The van der Waals surface area contributed by atoms with E-state index < -0.39 is 15.8 Å². The molecule has 0 aliphatic heterocycles. The molecule has 0 radical (unpaired) electrons. The largest absolute Gasteiger partial charge is 0.358 e. The second kappa shape index (κ2) is 8.04. The second-order valence-corrected chi connectivity index (χ2v) is 8.84. The second-order valence-electron chi connectivity index (χ2n) is 7.33. The third-order valence-electron chi connectivity index (χ3n) is 4.88. The highest BCUT2D eigenvalue weighted by atomic mass is 32.2. The number of rotatable bonds is 5. The summed E-state index contributed by atoms with van der Waals surface area (Å²) in [5, 5.41) is 5.88. The Labute approximate surface area is 184 Å². The fraction of sp³-hybridized carbons (Fsp3) is 0.182. The molecular formula is C22H20N4O5S. The van der Waals surface area contributed by atoms with Gasteiger partial charge in [-0.1, -0.05) is 18.2 Å². The van der Waals surface area contributed by atoms with E-state index >= 15 is 0 Å². The summed E-state index contributed by atoms with van der Waals surface area (Å²) in [4.78, 5) is 32.3. The van der Waals surface area contributed by atoms with Crippen LogP contribution >= 0.6 is 0 Å². The highest BCUT2D eigenvalue weighted by Gasteiger charge is 2.39. The minimum atomic E-state index is -4.25. The lowest BCUT2D eigenvalue weighted by molar-refractivity contribution is -0.125. The Kier molecular flexibility index (Phi) is 5.39. The van der Waals surface area contributed by atoms with Gasteiger partial charge >= 0.3 is 10.1 Å². The van der Waals surface area contributed by atoms with E-state index in [9.17, 15) is 18.0 Å². The molecule has 3 aromatic rings. The molecule has 164 valence electrons. The quantitative estimate of drug-likeness (QED) is 0.449. The Bertz CT molecular complexity index is 1350. The lowest BCUT2D eigenvalue weighted by atomic mass is 9.91. The monoisotopic (exact) mass is 452 g/mol. The number of nitrogens with zero attached hydrogens (tertiary/aromatic N) is 2. The van der Waals surface area contributed by atoms with Crippen molar-refractivity contribution < 1.29 is 22.2 Å². The van der Waals surface area contributed by atoms with Gasteiger partial charge in [0.2, 0.25) is 17.7 Å².